The molecule has 1 aliphatic rings. The molecule has 1 saturated heterocycles. The second-order valence-electron chi connectivity index (χ2n) is 6.52. The first-order valence-electron chi connectivity index (χ1n) is 8.09. The van der Waals surface area contributed by atoms with E-state index in [9.17, 15) is 19.1 Å². The zero-order valence-electron chi connectivity index (χ0n) is 14.2. The Kier molecular flexibility index (Phi) is 4.79. The van der Waals surface area contributed by atoms with Crippen molar-refractivity contribution in [1.82, 2.24) is 4.90 Å². The number of hydrogen-bond acceptors (Lipinski definition) is 4. The molecule has 0 spiro atoms. The van der Waals surface area contributed by atoms with Gasteiger partial charge in [-0.05, 0) is 37.5 Å². The van der Waals surface area contributed by atoms with Crippen molar-refractivity contribution in [2.75, 3.05) is 26.8 Å². The summed E-state index contributed by atoms with van der Waals surface area (Å²) in [5.74, 6) is -1.53. The molecule has 1 aliphatic heterocycles. The van der Waals surface area contributed by atoms with Gasteiger partial charge in [0.1, 0.15) is 11.2 Å². The van der Waals surface area contributed by atoms with E-state index >= 15 is 0 Å². The molecule has 2 heterocycles. The third-order valence-electron chi connectivity index (χ3n) is 4.84. The Morgan fingerprint density at radius 2 is 2.20 bits per heavy atom. The summed E-state index contributed by atoms with van der Waals surface area (Å²) < 4.78 is 19.9. The van der Waals surface area contributed by atoms with Gasteiger partial charge in [0.05, 0.1) is 11.5 Å². The van der Waals surface area contributed by atoms with Gasteiger partial charge in [0.25, 0.3) is 5.91 Å². The van der Waals surface area contributed by atoms with Gasteiger partial charge in [0, 0.05) is 30.3 Å². The molecule has 2 aromatic rings. The Bertz CT molecular complexity index is 830. The first-order valence-corrected chi connectivity index (χ1v) is 8.90. The van der Waals surface area contributed by atoms with Crippen molar-refractivity contribution in [2.24, 2.45) is 5.41 Å². The van der Waals surface area contributed by atoms with Crippen LogP contribution in [-0.2, 0) is 9.53 Å². The summed E-state index contributed by atoms with van der Waals surface area (Å²) in [6.07, 6.45) is 1.07. The molecule has 1 amide bonds. The maximum atomic E-state index is 14.1. The lowest BCUT2D eigenvalue weighted by Crippen LogP contribution is -2.52. The van der Waals surface area contributed by atoms with Gasteiger partial charge in [-0.3, -0.25) is 9.59 Å². The molecule has 1 atom stereocenters. The number of halogens is 1. The summed E-state index contributed by atoms with van der Waals surface area (Å²) in [5.41, 5.74) is -0.472. The fourth-order valence-corrected chi connectivity index (χ4v) is 4.73. The van der Waals surface area contributed by atoms with Gasteiger partial charge in [-0.25, -0.2) is 4.39 Å². The highest BCUT2D eigenvalue weighted by Gasteiger charge is 2.44. The molecule has 0 saturated carbocycles. The molecule has 1 unspecified atom stereocenters. The third-order valence-corrected chi connectivity index (χ3v) is 6.08. The van der Waals surface area contributed by atoms with Crippen LogP contribution in [0.2, 0.25) is 0 Å². The number of carbonyl (C=O) groups is 2. The number of nitrogens with zero attached hydrogens (tertiary/aromatic N) is 1. The number of fused-ring (bicyclic) bond motifs is 1. The highest BCUT2D eigenvalue weighted by Crippen LogP contribution is 2.36. The summed E-state index contributed by atoms with van der Waals surface area (Å²) in [7, 11) is 1.46. The monoisotopic (exact) mass is 365 g/mol. The van der Waals surface area contributed by atoms with Crippen LogP contribution in [0.25, 0.3) is 10.1 Å². The smallest absolute Gasteiger partial charge is 0.313 e. The minimum atomic E-state index is -1.08. The fraction of sp³-hybridized carbons (Fsp3) is 0.444. The minimum Gasteiger partial charge on any atom is -0.481 e. The van der Waals surface area contributed by atoms with Crippen molar-refractivity contribution >= 4 is 33.3 Å². The lowest BCUT2D eigenvalue weighted by Gasteiger charge is -2.39. The molecule has 0 aliphatic carbocycles. The highest BCUT2D eigenvalue weighted by atomic mass is 32.1. The lowest BCUT2D eigenvalue weighted by molar-refractivity contribution is -0.155. The molecular weight excluding hydrogens is 345 g/mol. The SMILES string of the molecule is COCC1(C(=O)O)CCCN(C(=O)c2sc3cccc(F)c3c2C)C1. The van der Waals surface area contributed by atoms with Gasteiger partial charge in [-0.2, -0.15) is 0 Å². The summed E-state index contributed by atoms with van der Waals surface area (Å²) in [6.45, 7) is 2.39. The Labute approximate surface area is 149 Å². The van der Waals surface area contributed by atoms with E-state index < -0.39 is 11.4 Å². The van der Waals surface area contributed by atoms with E-state index in [0.29, 0.717) is 35.2 Å². The zero-order chi connectivity index (χ0) is 18.2. The van der Waals surface area contributed by atoms with Crippen LogP contribution in [0.1, 0.15) is 28.1 Å². The molecule has 134 valence electrons. The predicted octanol–water partition coefficient (Wildman–Crippen LogP) is 3.30. The van der Waals surface area contributed by atoms with Gasteiger partial charge >= 0.3 is 5.97 Å². The molecule has 0 bridgehead atoms. The fourth-order valence-electron chi connectivity index (χ4n) is 3.54. The van der Waals surface area contributed by atoms with E-state index in [1.165, 1.54) is 24.5 Å². The van der Waals surface area contributed by atoms with E-state index in [-0.39, 0.29) is 24.9 Å². The number of benzene rings is 1. The second-order valence-corrected chi connectivity index (χ2v) is 7.57. The molecule has 1 aromatic carbocycles. The van der Waals surface area contributed by atoms with Gasteiger partial charge < -0.3 is 14.7 Å². The molecule has 0 radical (unpaired) electrons. The molecule has 1 fully saturated rings. The van der Waals surface area contributed by atoms with E-state index in [2.05, 4.69) is 0 Å². The molecule has 3 rings (SSSR count). The summed E-state index contributed by atoms with van der Waals surface area (Å²) in [5, 5.41) is 10.1. The van der Waals surface area contributed by atoms with Crippen molar-refractivity contribution in [2.45, 2.75) is 19.8 Å². The van der Waals surface area contributed by atoms with Crippen molar-refractivity contribution in [1.29, 1.82) is 0 Å². The van der Waals surface area contributed by atoms with Crippen molar-refractivity contribution < 1.29 is 23.8 Å². The van der Waals surface area contributed by atoms with Crippen molar-refractivity contribution in [3.8, 4) is 0 Å². The number of methoxy groups -OCH3 is 1. The van der Waals surface area contributed by atoms with Crippen LogP contribution in [0.15, 0.2) is 18.2 Å². The van der Waals surface area contributed by atoms with Crippen LogP contribution in [-0.4, -0.2) is 48.7 Å². The summed E-state index contributed by atoms with van der Waals surface area (Å²) in [4.78, 5) is 26.8. The van der Waals surface area contributed by atoms with E-state index in [1.807, 2.05) is 0 Å². The van der Waals surface area contributed by atoms with Crippen molar-refractivity contribution in [3.63, 3.8) is 0 Å². The largest absolute Gasteiger partial charge is 0.481 e. The normalized spacial score (nSPS) is 20.8. The Hall–Kier alpha value is -1.99. The van der Waals surface area contributed by atoms with Crippen LogP contribution in [0.4, 0.5) is 4.39 Å². The number of rotatable bonds is 4. The van der Waals surface area contributed by atoms with Crippen LogP contribution in [0.5, 0.6) is 0 Å². The first kappa shape index (κ1) is 17.8. The van der Waals surface area contributed by atoms with Gasteiger partial charge in [0.2, 0.25) is 0 Å². The molecule has 5 nitrogen and oxygen atoms in total. The lowest BCUT2D eigenvalue weighted by atomic mass is 9.80. The Balaban J connectivity index is 1.94. The maximum Gasteiger partial charge on any atom is 0.313 e. The number of carbonyl (C=O) groups excluding carboxylic acids is 1. The number of carboxylic acids is 1. The summed E-state index contributed by atoms with van der Waals surface area (Å²) in [6, 6.07) is 4.79. The average molecular weight is 365 g/mol. The zero-order valence-corrected chi connectivity index (χ0v) is 15.0. The maximum absolute atomic E-state index is 14.1. The van der Waals surface area contributed by atoms with Crippen molar-refractivity contribution in [3.05, 3.63) is 34.5 Å². The number of hydrogen-bond donors (Lipinski definition) is 1. The number of aryl methyl sites for hydroxylation is 1. The average Bonchev–Trinajstić information content (AvgIpc) is 2.92. The van der Waals surface area contributed by atoms with Crippen LogP contribution >= 0.6 is 11.3 Å². The van der Waals surface area contributed by atoms with Crippen LogP contribution in [0.3, 0.4) is 0 Å². The molecule has 25 heavy (non-hydrogen) atoms. The number of ether oxygens (including phenoxy) is 1. The quantitative estimate of drug-likeness (QED) is 0.903. The minimum absolute atomic E-state index is 0.0616. The predicted molar refractivity (Wildman–Crippen MR) is 93.6 cm³/mol. The Morgan fingerprint density at radius 1 is 1.44 bits per heavy atom. The van der Waals surface area contributed by atoms with E-state index in [4.69, 9.17) is 4.74 Å². The standard InChI is InChI=1S/C18H20FNO4S/c1-11-14-12(19)5-3-6-13(14)25-15(11)16(21)20-8-4-7-18(9-20,10-24-2)17(22)23/h3,5-6H,4,7-10H2,1-2H3,(H,22,23). The molecular formula is C18H20FNO4S. The first-order chi connectivity index (χ1) is 11.9. The molecule has 7 heteroatoms. The number of thiophene rings is 1. The Morgan fingerprint density at radius 3 is 2.84 bits per heavy atom. The van der Waals surface area contributed by atoms with Crippen LogP contribution in [0, 0.1) is 18.2 Å². The molecule has 1 aromatic heterocycles. The van der Waals surface area contributed by atoms with Gasteiger partial charge in [-0.15, -0.1) is 11.3 Å². The van der Waals surface area contributed by atoms with Gasteiger partial charge in [-0.1, -0.05) is 6.07 Å². The topological polar surface area (TPSA) is 66.8 Å². The molecule has 1 N–H and O–H groups in total. The summed E-state index contributed by atoms with van der Waals surface area (Å²) >= 11 is 1.25. The number of piperidine rings is 1. The number of aliphatic carboxylic acids is 1. The third kappa shape index (κ3) is 3.02. The highest BCUT2D eigenvalue weighted by molar-refractivity contribution is 7.21. The number of amides is 1. The van der Waals surface area contributed by atoms with Crippen LogP contribution < -0.4 is 0 Å². The number of carboxylic acid groups (broad SMARTS) is 1. The number of likely N-dealkylation sites (tertiary alicyclic amines) is 1. The van der Waals surface area contributed by atoms with E-state index in [1.54, 1.807) is 24.0 Å². The van der Waals surface area contributed by atoms with E-state index in [0.717, 1.165) is 4.70 Å². The van der Waals surface area contributed by atoms with Gasteiger partial charge in [0.15, 0.2) is 0 Å². The second kappa shape index (κ2) is 6.72.